The average molecular weight is 207 g/mol. The molecule has 0 bridgehead atoms. The first-order valence-corrected chi connectivity index (χ1v) is 5.41. The molecule has 1 aliphatic heterocycles. The number of rotatable bonds is 3. The zero-order chi connectivity index (χ0) is 10.5. The Morgan fingerprint density at radius 1 is 1.33 bits per heavy atom. The van der Waals surface area contributed by atoms with Gasteiger partial charge in [0.15, 0.2) is 0 Å². The van der Waals surface area contributed by atoms with Crippen LogP contribution in [0.1, 0.15) is 6.92 Å². The van der Waals surface area contributed by atoms with Gasteiger partial charge in [-0.3, -0.25) is 0 Å². The maximum absolute atomic E-state index is 4.39. The molecular formula is C10H17N5. The summed E-state index contributed by atoms with van der Waals surface area (Å²) in [6, 6.07) is 0. The van der Waals surface area contributed by atoms with Crippen LogP contribution in [0.25, 0.3) is 0 Å². The van der Waals surface area contributed by atoms with Crippen molar-refractivity contribution in [1.82, 2.24) is 15.3 Å². The molecule has 2 heterocycles. The zero-order valence-corrected chi connectivity index (χ0v) is 9.03. The molecule has 1 fully saturated rings. The second-order valence-electron chi connectivity index (χ2n) is 3.53. The fourth-order valence-electron chi connectivity index (χ4n) is 1.65. The van der Waals surface area contributed by atoms with Crippen LogP contribution in [0.3, 0.4) is 0 Å². The Morgan fingerprint density at radius 3 is 2.73 bits per heavy atom. The van der Waals surface area contributed by atoms with E-state index in [9.17, 15) is 0 Å². The monoisotopic (exact) mass is 207 g/mol. The minimum absolute atomic E-state index is 0.844. The number of anilines is 2. The van der Waals surface area contributed by atoms with E-state index in [1.54, 1.807) is 6.20 Å². The van der Waals surface area contributed by atoms with Crippen molar-refractivity contribution >= 4 is 11.6 Å². The van der Waals surface area contributed by atoms with Crippen molar-refractivity contribution in [1.29, 1.82) is 0 Å². The molecule has 1 aromatic rings. The highest BCUT2D eigenvalue weighted by Crippen LogP contribution is 2.11. The van der Waals surface area contributed by atoms with Gasteiger partial charge in [0.2, 0.25) is 0 Å². The molecule has 1 aromatic heterocycles. The van der Waals surface area contributed by atoms with Crippen LogP contribution in [0.5, 0.6) is 0 Å². The summed E-state index contributed by atoms with van der Waals surface area (Å²) in [5.74, 6) is 1.81. The molecule has 5 heteroatoms. The van der Waals surface area contributed by atoms with Gasteiger partial charge in [0, 0.05) is 32.7 Å². The molecule has 1 aliphatic rings. The zero-order valence-electron chi connectivity index (χ0n) is 9.03. The van der Waals surface area contributed by atoms with E-state index >= 15 is 0 Å². The van der Waals surface area contributed by atoms with E-state index in [1.807, 2.05) is 13.1 Å². The average Bonchev–Trinajstić information content (AvgIpc) is 2.32. The molecule has 0 atom stereocenters. The van der Waals surface area contributed by atoms with E-state index in [0.717, 1.165) is 44.4 Å². The van der Waals surface area contributed by atoms with E-state index in [2.05, 4.69) is 25.5 Å². The molecular weight excluding hydrogens is 190 g/mol. The summed E-state index contributed by atoms with van der Waals surface area (Å²) in [7, 11) is 0. The quantitative estimate of drug-likeness (QED) is 0.747. The molecule has 0 amide bonds. The maximum Gasteiger partial charge on any atom is 0.147 e. The molecule has 0 saturated carbocycles. The lowest BCUT2D eigenvalue weighted by molar-refractivity contribution is 0.584. The summed E-state index contributed by atoms with van der Waals surface area (Å²) < 4.78 is 0. The van der Waals surface area contributed by atoms with Gasteiger partial charge >= 0.3 is 0 Å². The molecule has 1 saturated heterocycles. The Hall–Kier alpha value is -1.36. The van der Waals surface area contributed by atoms with Gasteiger partial charge in [-0.15, -0.1) is 0 Å². The van der Waals surface area contributed by atoms with Gasteiger partial charge in [0.25, 0.3) is 0 Å². The highest BCUT2D eigenvalue weighted by atomic mass is 15.2. The van der Waals surface area contributed by atoms with Crippen LogP contribution in [-0.2, 0) is 0 Å². The standard InChI is InChI=1S/C10H17N5/c1-2-12-9-7-14-10(8-13-9)15-5-3-11-4-6-15/h7-8,11H,2-6H2,1H3,(H,12,13). The first-order chi connectivity index (χ1) is 7.40. The minimum Gasteiger partial charge on any atom is -0.369 e. The van der Waals surface area contributed by atoms with Gasteiger partial charge in [-0.05, 0) is 6.92 Å². The minimum atomic E-state index is 0.844. The fraction of sp³-hybridized carbons (Fsp3) is 0.600. The van der Waals surface area contributed by atoms with Crippen molar-refractivity contribution in [2.45, 2.75) is 6.92 Å². The van der Waals surface area contributed by atoms with Crippen LogP contribution >= 0.6 is 0 Å². The lowest BCUT2D eigenvalue weighted by Gasteiger charge is -2.28. The van der Waals surface area contributed by atoms with Gasteiger partial charge in [0.05, 0.1) is 12.4 Å². The summed E-state index contributed by atoms with van der Waals surface area (Å²) >= 11 is 0. The Balaban J connectivity index is 2.02. The highest BCUT2D eigenvalue weighted by molar-refractivity contribution is 5.41. The maximum atomic E-state index is 4.39. The lowest BCUT2D eigenvalue weighted by Crippen LogP contribution is -2.43. The van der Waals surface area contributed by atoms with Crippen LogP contribution in [0.15, 0.2) is 12.4 Å². The molecule has 0 aromatic carbocycles. The van der Waals surface area contributed by atoms with Gasteiger partial charge in [-0.1, -0.05) is 0 Å². The van der Waals surface area contributed by atoms with Crippen molar-refractivity contribution in [2.75, 3.05) is 42.9 Å². The summed E-state index contributed by atoms with van der Waals surface area (Å²) in [6.45, 7) is 6.99. The van der Waals surface area contributed by atoms with Crippen molar-refractivity contribution in [2.24, 2.45) is 0 Å². The topological polar surface area (TPSA) is 53.1 Å². The first kappa shape index (κ1) is 10.2. The fourth-order valence-corrected chi connectivity index (χ4v) is 1.65. The smallest absolute Gasteiger partial charge is 0.147 e. The van der Waals surface area contributed by atoms with E-state index in [-0.39, 0.29) is 0 Å². The van der Waals surface area contributed by atoms with Crippen molar-refractivity contribution < 1.29 is 0 Å². The van der Waals surface area contributed by atoms with Crippen molar-refractivity contribution in [3.8, 4) is 0 Å². The second-order valence-corrected chi connectivity index (χ2v) is 3.53. The number of hydrogen-bond acceptors (Lipinski definition) is 5. The predicted molar refractivity (Wildman–Crippen MR) is 61.3 cm³/mol. The molecule has 82 valence electrons. The molecule has 0 spiro atoms. The lowest BCUT2D eigenvalue weighted by atomic mass is 10.3. The summed E-state index contributed by atoms with van der Waals surface area (Å²) in [4.78, 5) is 11.0. The summed E-state index contributed by atoms with van der Waals surface area (Å²) in [5, 5.41) is 6.45. The largest absolute Gasteiger partial charge is 0.369 e. The third-order valence-corrected chi connectivity index (χ3v) is 2.44. The van der Waals surface area contributed by atoms with Gasteiger partial charge in [-0.2, -0.15) is 0 Å². The van der Waals surface area contributed by atoms with E-state index < -0.39 is 0 Å². The Morgan fingerprint density at radius 2 is 2.13 bits per heavy atom. The highest BCUT2D eigenvalue weighted by Gasteiger charge is 2.11. The van der Waals surface area contributed by atoms with E-state index in [4.69, 9.17) is 0 Å². The molecule has 0 aliphatic carbocycles. The van der Waals surface area contributed by atoms with Crippen LogP contribution in [0.2, 0.25) is 0 Å². The summed E-state index contributed by atoms with van der Waals surface area (Å²) in [6.07, 6.45) is 3.63. The number of nitrogens with zero attached hydrogens (tertiary/aromatic N) is 3. The number of aromatic nitrogens is 2. The van der Waals surface area contributed by atoms with E-state index in [0.29, 0.717) is 0 Å². The number of piperazine rings is 1. The number of hydrogen-bond donors (Lipinski definition) is 2. The number of nitrogens with one attached hydrogen (secondary N) is 2. The molecule has 0 unspecified atom stereocenters. The molecule has 15 heavy (non-hydrogen) atoms. The van der Waals surface area contributed by atoms with E-state index in [1.165, 1.54) is 0 Å². The van der Waals surface area contributed by atoms with Crippen LogP contribution in [-0.4, -0.2) is 42.7 Å². The van der Waals surface area contributed by atoms with Crippen molar-refractivity contribution in [3.63, 3.8) is 0 Å². The first-order valence-electron chi connectivity index (χ1n) is 5.41. The molecule has 2 N–H and O–H groups in total. The Bertz CT molecular complexity index is 291. The third kappa shape index (κ3) is 2.56. The van der Waals surface area contributed by atoms with Crippen LogP contribution in [0, 0.1) is 0 Å². The molecule has 0 radical (unpaired) electrons. The van der Waals surface area contributed by atoms with Crippen LogP contribution in [0.4, 0.5) is 11.6 Å². The molecule has 5 nitrogen and oxygen atoms in total. The van der Waals surface area contributed by atoms with Gasteiger partial charge in [0.1, 0.15) is 11.6 Å². The van der Waals surface area contributed by atoms with Crippen molar-refractivity contribution in [3.05, 3.63) is 12.4 Å². The summed E-state index contributed by atoms with van der Waals surface area (Å²) in [5.41, 5.74) is 0. The normalized spacial score (nSPS) is 16.5. The predicted octanol–water partition coefficient (Wildman–Crippen LogP) is 0.318. The van der Waals surface area contributed by atoms with Crippen LogP contribution < -0.4 is 15.5 Å². The van der Waals surface area contributed by atoms with Gasteiger partial charge in [-0.25, -0.2) is 9.97 Å². The van der Waals surface area contributed by atoms with Gasteiger partial charge < -0.3 is 15.5 Å². The third-order valence-electron chi connectivity index (χ3n) is 2.44. The Labute approximate surface area is 89.9 Å². The SMILES string of the molecule is CCNc1cnc(N2CCNCC2)cn1. The Kier molecular flexibility index (Phi) is 3.34. The molecule has 2 rings (SSSR count). The second kappa shape index (κ2) is 4.93.